The number of benzene rings is 1. The minimum absolute atomic E-state index is 0.0154. The number of aromatic nitrogens is 1. The van der Waals surface area contributed by atoms with Gasteiger partial charge >= 0.3 is 6.03 Å². The van der Waals surface area contributed by atoms with Crippen LogP contribution >= 0.6 is 11.3 Å². The molecule has 0 aliphatic carbocycles. The van der Waals surface area contributed by atoms with Crippen molar-refractivity contribution in [2.24, 2.45) is 0 Å². The largest absolute Gasteiger partial charge is 0.333 e. The first-order chi connectivity index (χ1) is 10.6. The lowest BCUT2D eigenvalue weighted by Gasteiger charge is -2.17. The Kier molecular flexibility index (Phi) is 4.06. The number of carbonyl (C=O) groups is 2. The molecule has 2 N–H and O–H groups in total. The van der Waals surface area contributed by atoms with Gasteiger partial charge in [0.25, 0.3) is 0 Å². The van der Waals surface area contributed by atoms with Crippen molar-refractivity contribution in [1.82, 2.24) is 10.3 Å². The van der Waals surface area contributed by atoms with E-state index in [0.29, 0.717) is 18.1 Å². The van der Waals surface area contributed by atoms with Crippen LogP contribution in [0.1, 0.15) is 12.1 Å². The van der Waals surface area contributed by atoms with Crippen LogP contribution in [0.3, 0.4) is 0 Å². The maximum absolute atomic E-state index is 12.1. The molecule has 6 nitrogen and oxygen atoms in total. The quantitative estimate of drug-likeness (QED) is 0.913. The third kappa shape index (κ3) is 3.25. The van der Waals surface area contributed by atoms with Crippen molar-refractivity contribution in [3.63, 3.8) is 0 Å². The average Bonchev–Trinajstić information content (AvgIpc) is 3.05. The Morgan fingerprint density at radius 1 is 1.36 bits per heavy atom. The highest BCUT2D eigenvalue weighted by Gasteiger charge is 2.31. The minimum Gasteiger partial charge on any atom is -0.333 e. The average molecular weight is 316 g/mol. The summed E-state index contributed by atoms with van der Waals surface area (Å²) < 4.78 is 0. The molecule has 0 radical (unpaired) electrons. The fourth-order valence-corrected chi connectivity index (χ4v) is 3.07. The maximum Gasteiger partial charge on any atom is 0.321 e. The van der Waals surface area contributed by atoms with Gasteiger partial charge < -0.3 is 10.2 Å². The predicted octanol–water partition coefficient (Wildman–Crippen LogP) is 2.38. The Morgan fingerprint density at radius 2 is 2.14 bits per heavy atom. The van der Waals surface area contributed by atoms with Crippen molar-refractivity contribution in [3.8, 4) is 0 Å². The van der Waals surface area contributed by atoms with Gasteiger partial charge in [0.1, 0.15) is 0 Å². The topological polar surface area (TPSA) is 74.3 Å². The molecule has 1 atom stereocenters. The molecule has 0 bridgehead atoms. The number of hydrogen-bond acceptors (Lipinski definition) is 4. The predicted molar refractivity (Wildman–Crippen MR) is 86.2 cm³/mol. The SMILES string of the molecule is Cc1csc(NC(=O)NC2CC(=O)N(c3ccccc3)C2)n1. The number of hydrogen-bond donors (Lipinski definition) is 2. The number of nitrogens with one attached hydrogen (secondary N) is 2. The molecule has 1 aliphatic rings. The number of carbonyl (C=O) groups excluding carboxylic acids is 2. The first kappa shape index (κ1) is 14.5. The van der Waals surface area contributed by atoms with Crippen LogP contribution in [0, 0.1) is 6.92 Å². The number of rotatable bonds is 3. The van der Waals surface area contributed by atoms with E-state index in [9.17, 15) is 9.59 Å². The lowest BCUT2D eigenvalue weighted by molar-refractivity contribution is -0.117. The second-order valence-electron chi connectivity index (χ2n) is 5.13. The normalized spacial score (nSPS) is 17.6. The van der Waals surface area contributed by atoms with Gasteiger partial charge in [-0.25, -0.2) is 9.78 Å². The van der Waals surface area contributed by atoms with Crippen molar-refractivity contribution in [2.75, 3.05) is 16.8 Å². The maximum atomic E-state index is 12.1. The van der Waals surface area contributed by atoms with Gasteiger partial charge in [-0.15, -0.1) is 11.3 Å². The van der Waals surface area contributed by atoms with Gasteiger partial charge in [0.05, 0.1) is 11.7 Å². The lowest BCUT2D eigenvalue weighted by atomic mass is 10.2. The van der Waals surface area contributed by atoms with Crippen LogP contribution in [-0.4, -0.2) is 29.5 Å². The molecular formula is C15H16N4O2S. The number of anilines is 2. The Balaban J connectivity index is 1.58. The second-order valence-corrected chi connectivity index (χ2v) is 5.99. The van der Waals surface area contributed by atoms with Crippen molar-refractivity contribution < 1.29 is 9.59 Å². The molecule has 114 valence electrons. The number of amides is 3. The Bertz CT molecular complexity index is 686. The molecule has 3 rings (SSSR count). The number of thiazole rings is 1. The standard InChI is InChI=1S/C15H16N4O2S/c1-10-9-22-15(16-10)18-14(21)17-11-7-13(20)19(8-11)12-5-3-2-4-6-12/h2-6,9,11H,7-8H2,1H3,(H2,16,17,18,21). The molecule has 1 aliphatic heterocycles. The summed E-state index contributed by atoms with van der Waals surface area (Å²) in [6, 6.07) is 8.93. The molecular weight excluding hydrogens is 300 g/mol. The van der Waals surface area contributed by atoms with Crippen LogP contribution in [0.15, 0.2) is 35.7 Å². The van der Waals surface area contributed by atoms with E-state index >= 15 is 0 Å². The van der Waals surface area contributed by atoms with Crippen LogP contribution in [0.5, 0.6) is 0 Å². The first-order valence-corrected chi connectivity index (χ1v) is 7.85. The monoisotopic (exact) mass is 316 g/mol. The van der Waals surface area contributed by atoms with E-state index in [1.165, 1.54) is 11.3 Å². The van der Waals surface area contributed by atoms with Gasteiger partial charge in [0.2, 0.25) is 5.91 Å². The van der Waals surface area contributed by atoms with Gasteiger partial charge in [-0.1, -0.05) is 18.2 Å². The van der Waals surface area contributed by atoms with E-state index in [0.717, 1.165) is 11.4 Å². The van der Waals surface area contributed by atoms with Gasteiger partial charge in [-0.2, -0.15) is 0 Å². The summed E-state index contributed by atoms with van der Waals surface area (Å²) in [6.07, 6.45) is 0.305. The molecule has 22 heavy (non-hydrogen) atoms. The number of para-hydroxylation sites is 1. The molecule has 0 saturated carbocycles. The zero-order valence-corrected chi connectivity index (χ0v) is 12.9. The third-order valence-corrected chi connectivity index (χ3v) is 4.24. The van der Waals surface area contributed by atoms with Crippen LogP contribution < -0.4 is 15.5 Å². The van der Waals surface area contributed by atoms with Crippen molar-refractivity contribution in [3.05, 3.63) is 41.4 Å². The highest BCUT2D eigenvalue weighted by atomic mass is 32.1. The zero-order valence-electron chi connectivity index (χ0n) is 12.1. The molecule has 1 aromatic carbocycles. The first-order valence-electron chi connectivity index (χ1n) is 6.97. The summed E-state index contributed by atoms with van der Waals surface area (Å²) in [7, 11) is 0. The molecule has 7 heteroatoms. The molecule has 0 spiro atoms. The summed E-state index contributed by atoms with van der Waals surface area (Å²) in [5.74, 6) is 0.0154. The molecule has 1 aromatic heterocycles. The molecule has 1 unspecified atom stereocenters. The lowest BCUT2D eigenvalue weighted by Crippen LogP contribution is -2.39. The van der Waals surface area contributed by atoms with Crippen LogP contribution in [0.25, 0.3) is 0 Å². The Hall–Kier alpha value is -2.41. The fourth-order valence-electron chi connectivity index (χ4n) is 2.39. The second kappa shape index (κ2) is 6.15. The van der Waals surface area contributed by atoms with Crippen LogP contribution in [0.2, 0.25) is 0 Å². The van der Waals surface area contributed by atoms with Crippen LogP contribution in [0.4, 0.5) is 15.6 Å². The van der Waals surface area contributed by atoms with E-state index in [1.54, 1.807) is 4.90 Å². The summed E-state index contributed by atoms with van der Waals surface area (Å²) in [4.78, 5) is 29.9. The van der Waals surface area contributed by atoms with E-state index in [2.05, 4.69) is 15.6 Å². The Labute approximate surface area is 132 Å². The van der Waals surface area contributed by atoms with Gasteiger partial charge in [-0.05, 0) is 19.1 Å². The fraction of sp³-hybridized carbons (Fsp3) is 0.267. The number of urea groups is 1. The van der Waals surface area contributed by atoms with E-state index in [4.69, 9.17) is 0 Å². The minimum atomic E-state index is -0.331. The van der Waals surface area contributed by atoms with Gasteiger partial charge in [0.15, 0.2) is 5.13 Å². The highest BCUT2D eigenvalue weighted by Crippen LogP contribution is 2.21. The number of aryl methyl sites for hydroxylation is 1. The molecule has 1 fully saturated rings. The highest BCUT2D eigenvalue weighted by molar-refractivity contribution is 7.13. The number of nitrogens with zero attached hydrogens (tertiary/aromatic N) is 2. The molecule has 1 saturated heterocycles. The van der Waals surface area contributed by atoms with E-state index < -0.39 is 0 Å². The van der Waals surface area contributed by atoms with Crippen molar-refractivity contribution in [1.29, 1.82) is 0 Å². The third-order valence-electron chi connectivity index (χ3n) is 3.37. The molecule has 2 aromatic rings. The zero-order chi connectivity index (χ0) is 15.5. The summed E-state index contributed by atoms with van der Waals surface area (Å²) >= 11 is 1.37. The van der Waals surface area contributed by atoms with E-state index in [1.807, 2.05) is 42.6 Å². The molecule has 3 amide bonds. The molecule has 2 heterocycles. The van der Waals surface area contributed by atoms with Crippen LogP contribution in [-0.2, 0) is 4.79 Å². The van der Waals surface area contributed by atoms with E-state index in [-0.39, 0.29) is 18.0 Å². The Morgan fingerprint density at radius 3 is 2.82 bits per heavy atom. The summed E-state index contributed by atoms with van der Waals surface area (Å²) in [5, 5.41) is 7.93. The van der Waals surface area contributed by atoms with Gasteiger partial charge in [-0.3, -0.25) is 10.1 Å². The summed E-state index contributed by atoms with van der Waals surface area (Å²) in [5.41, 5.74) is 1.72. The van der Waals surface area contributed by atoms with Crippen molar-refractivity contribution >= 4 is 34.1 Å². The van der Waals surface area contributed by atoms with Crippen molar-refractivity contribution in [2.45, 2.75) is 19.4 Å². The van der Waals surface area contributed by atoms with Gasteiger partial charge in [0, 0.05) is 24.0 Å². The summed E-state index contributed by atoms with van der Waals surface area (Å²) in [6.45, 7) is 2.35. The smallest absolute Gasteiger partial charge is 0.321 e.